The van der Waals surface area contributed by atoms with Gasteiger partial charge in [-0.2, -0.15) is 5.10 Å². The Morgan fingerprint density at radius 2 is 2.04 bits per heavy atom. The number of aromatic nitrogens is 2. The Morgan fingerprint density at radius 3 is 2.79 bits per heavy atom. The topological polar surface area (TPSA) is 68.5 Å². The molecule has 0 saturated carbocycles. The normalized spacial score (nSPS) is 32.4. The number of rotatable bonds is 4. The molecule has 2 aliphatic rings. The van der Waals surface area contributed by atoms with Gasteiger partial charge in [-0.3, -0.25) is 4.68 Å². The molecule has 0 spiro atoms. The number of hydrogen-bond acceptors (Lipinski definition) is 5. The number of nitrogens with one attached hydrogen (secondary N) is 1. The predicted octanol–water partition coefficient (Wildman–Crippen LogP) is 1.57. The molecule has 2 saturated heterocycles. The van der Waals surface area contributed by atoms with E-state index < -0.39 is 12.4 Å². The molecule has 6 heteroatoms. The van der Waals surface area contributed by atoms with E-state index >= 15 is 0 Å². The largest absolute Gasteiger partial charge is 0.389 e. The average Bonchev–Trinajstić information content (AvgIpc) is 3.21. The van der Waals surface area contributed by atoms with Crippen LogP contribution in [-0.4, -0.2) is 52.1 Å². The Bertz CT molecular complexity index is 688. The fraction of sp³-hybridized carbons (Fsp3) is 0.500. The number of hydrogen-bond donors (Lipinski definition) is 2. The first-order valence-corrected chi connectivity index (χ1v) is 8.44. The zero-order chi connectivity index (χ0) is 16.7. The molecule has 0 aliphatic carbocycles. The minimum Gasteiger partial charge on any atom is -0.389 e. The number of aliphatic hydroxyl groups excluding tert-OH is 1. The zero-order valence-corrected chi connectivity index (χ0v) is 13.9. The van der Waals surface area contributed by atoms with Crippen LogP contribution in [0.2, 0.25) is 0 Å². The summed E-state index contributed by atoms with van der Waals surface area (Å²) in [4.78, 5) is 0. The van der Waals surface area contributed by atoms with Crippen LogP contribution in [0.1, 0.15) is 19.9 Å². The summed E-state index contributed by atoms with van der Waals surface area (Å²) in [5.41, 5.74) is 2.10. The van der Waals surface area contributed by atoms with Gasteiger partial charge in [-0.15, -0.1) is 0 Å². The maximum atomic E-state index is 10.9. The molecule has 24 heavy (non-hydrogen) atoms. The van der Waals surface area contributed by atoms with Crippen molar-refractivity contribution >= 4 is 0 Å². The highest BCUT2D eigenvalue weighted by molar-refractivity contribution is 5.61. The molecule has 1 aromatic carbocycles. The van der Waals surface area contributed by atoms with Crippen molar-refractivity contribution in [2.45, 2.75) is 50.5 Å². The fourth-order valence-corrected chi connectivity index (χ4v) is 3.55. The maximum absolute atomic E-state index is 10.9. The Kier molecular flexibility index (Phi) is 4.14. The molecule has 2 bridgehead atoms. The molecule has 0 amide bonds. The fourth-order valence-electron chi connectivity index (χ4n) is 3.55. The van der Waals surface area contributed by atoms with E-state index in [0.717, 1.165) is 11.1 Å². The van der Waals surface area contributed by atoms with E-state index in [0.29, 0.717) is 6.61 Å². The second-order valence-electron chi connectivity index (χ2n) is 6.78. The van der Waals surface area contributed by atoms with Gasteiger partial charge in [-0.05, 0) is 5.56 Å². The van der Waals surface area contributed by atoms with E-state index in [1.165, 1.54) is 0 Å². The van der Waals surface area contributed by atoms with Crippen molar-refractivity contribution in [2.75, 3.05) is 6.61 Å². The monoisotopic (exact) mass is 329 g/mol. The molecular formula is C18H23N3O3. The van der Waals surface area contributed by atoms with E-state index in [1.54, 1.807) is 4.68 Å². The number of benzene rings is 1. The van der Waals surface area contributed by atoms with Crippen molar-refractivity contribution in [3.63, 3.8) is 0 Å². The molecule has 128 valence electrons. The van der Waals surface area contributed by atoms with E-state index in [4.69, 9.17) is 9.47 Å². The van der Waals surface area contributed by atoms with Crippen LogP contribution in [0.5, 0.6) is 0 Å². The lowest BCUT2D eigenvalue weighted by Crippen LogP contribution is -2.59. The quantitative estimate of drug-likeness (QED) is 0.891. The first kappa shape index (κ1) is 15.8. The van der Waals surface area contributed by atoms with Crippen molar-refractivity contribution in [1.82, 2.24) is 15.1 Å². The highest BCUT2D eigenvalue weighted by Gasteiger charge is 2.51. The maximum Gasteiger partial charge on any atom is 0.183 e. The smallest absolute Gasteiger partial charge is 0.183 e. The Hall–Kier alpha value is -1.73. The van der Waals surface area contributed by atoms with Gasteiger partial charge >= 0.3 is 0 Å². The van der Waals surface area contributed by atoms with Gasteiger partial charge in [0, 0.05) is 17.8 Å². The molecule has 2 N–H and O–H groups in total. The van der Waals surface area contributed by atoms with Gasteiger partial charge in [-0.25, -0.2) is 0 Å². The minimum atomic E-state index is -0.623. The lowest BCUT2D eigenvalue weighted by atomic mass is 9.95. The SMILES string of the molecule is CC(C)NC1C2COC(O2)C(n2cc(-c3ccccc3)cn2)C1O. The number of nitrogens with zero attached hydrogens (tertiary/aromatic N) is 2. The zero-order valence-electron chi connectivity index (χ0n) is 13.9. The molecule has 3 heterocycles. The summed E-state index contributed by atoms with van der Waals surface area (Å²) >= 11 is 0. The Morgan fingerprint density at radius 1 is 1.25 bits per heavy atom. The van der Waals surface area contributed by atoms with E-state index in [9.17, 15) is 5.11 Å². The van der Waals surface area contributed by atoms with E-state index in [-0.39, 0.29) is 24.2 Å². The molecule has 1 aromatic heterocycles. The van der Waals surface area contributed by atoms with Gasteiger partial charge in [0.2, 0.25) is 0 Å². The van der Waals surface area contributed by atoms with Crippen LogP contribution in [0, 0.1) is 0 Å². The molecule has 2 aliphatic heterocycles. The summed E-state index contributed by atoms with van der Waals surface area (Å²) in [7, 11) is 0. The second-order valence-corrected chi connectivity index (χ2v) is 6.78. The molecule has 2 aromatic rings. The minimum absolute atomic E-state index is 0.118. The summed E-state index contributed by atoms with van der Waals surface area (Å²) in [6.07, 6.45) is 2.56. The molecule has 5 unspecified atom stereocenters. The predicted molar refractivity (Wildman–Crippen MR) is 89.4 cm³/mol. The standard InChI is InChI=1S/C18H23N3O3/c1-11(2)20-15-14-10-23-18(24-14)16(17(15)22)21-9-13(8-19-21)12-6-4-3-5-7-12/h3-9,11,14-18,20,22H,10H2,1-2H3. The molecule has 5 atom stereocenters. The van der Waals surface area contributed by atoms with Crippen LogP contribution in [0.25, 0.3) is 11.1 Å². The van der Waals surface area contributed by atoms with Crippen LogP contribution in [0.4, 0.5) is 0 Å². The molecule has 2 fully saturated rings. The highest BCUT2D eigenvalue weighted by atomic mass is 16.7. The third-order valence-corrected chi connectivity index (χ3v) is 4.67. The molecule has 0 radical (unpaired) electrons. The number of fused-ring (bicyclic) bond motifs is 2. The molecule has 6 nitrogen and oxygen atoms in total. The lowest BCUT2D eigenvalue weighted by molar-refractivity contribution is -0.168. The third kappa shape index (κ3) is 2.75. The average molecular weight is 329 g/mol. The van der Waals surface area contributed by atoms with Gasteiger partial charge < -0.3 is 19.9 Å². The van der Waals surface area contributed by atoms with Crippen LogP contribution < -0.4 is 5.32 Å². The second kappa shape index (κ2) is 6.29. The van der Waals surface area contributed by atoms with Crippen molar-refractivity contribution < 1.29 is 14.6 Å². The third-order valence-electron chi connectivity index (χ3n) is 4.67. The lowest BCUT2D eigenvalue weighted by Gasteiger charge is -2.39. The van der Waals surface area contributed by atoms with E-state index in [2.05, 4.69) is 24.3 Å². The summed E-state index contributed by atoms with van der Waals surface area (Å²) in [6.45, 7) is 4.62. The van der Waals surface area contributed by atoms with Gasteiger partial charge in [0.25, 0.3) is 0 Å². The van der Waals surface area contributed by atoms with Crippen molar-refractivity contribution in [3.8, 4) is 11.1 Å². The van der Waals surface area contributed by atoms with Crippen molar-refractivity contribution in [2.24, 2.45) is 0 Å². The van der Waals surface area contributed by atoms with Crippen LogP contribution in [0.15, 0.2) is 42.7 Å². The van der Waals surface area contributed by atoms with Crippen molar-refractivity contribution in [3.05, 3.63) is 42.7 Å². The van der Waals surface area contributed by atoms with Crippen molar-refractivity contribution in [1.29, 1.82) is 0 Å². The van der Waals surface area contributed by atoms with Gasteiger partial charge in [-0.1, -0.05) is 44.2 Å². The Balaban J connectivity index is 1.62. The van der Waals surface area contributed by atoms with E-state index in [1.807, 2.05) is 42.7 Å². The van der Waals surface area contributed by atoms with Gasteiger partial charge in [0.15, 0.2) is 6.29 Å². The van der Waals surface area contributed by atoms with Gasteiger partial charge in [0.05, 0.1) is 24.9 Å². The number of aliphatic hydroxyl groups is 1. The van der Waals surface area contributed by atoms with Crippen LogP contribution >= 0.6 is 0 Å². The summed E-state index contributed by atoms with van der Waals surface area (Å²) < 4.78 is 13.5. The summed E-state index contributed by atoms with van der Waals surface area (Å²) in [6, 6.07) is 9.79. The van der Waals surface area contributed by atoms with Crippen LogP contribution in [-0.2, 0) is 9.47 Å². The molecular weight excluding hydrogens is 306 g/mol. The first-order chi connectivity index (χ1) is 11.6. The highest BCUT2D eigenvalue weighted by Crippen LogP contribution is 2.36. The Labute approximate surface area is 141 Å². The van der Waals surface area contributed by atoms with Gasteiger partial charge in [0.1, 0.15) is 12.1 Å². The molecule has 4 rings (SSSR count). The summed E-state index contributed by atoms with van der Waals surface area (Å²) in [5.74, 6) is 0. The summed E-state index contributed by atoms with van der Waals surface area (Å²) in [5, 5.41) is 18.8. The first-order valence-electron chi connectivity index (χ1n) is 8.44. The van der Waals surface area contributed by atoms with Crippen LogP contribution in [0.3, 0.4) is 0 Å². The number of ether oxygens (including phenoxy) is 2.